The van der Waals surface area contributed by atoms with Crippen LogP contribution in [0.25, 0.3) is 22.2 Å². The van der Waals surface area contributed by atoms with Crippen LogP contribution < -0.4 is 4.74 Å². The van der Waals surface area contributed by atoms with Crippen LogP contribution in [-0.4, -0.2) is 33.0 Å². The lowest BCUT2D eigenvalue weighted by Gasteiger charge is -2.07. The number of carbonyl (C=O) groups is 1. The van der Waals surface area contributed by atoms with Crippen LogP contribution in [0, 0.1) is 0 Å². The summed E-state index contributed by atoms with van der Waals surface area (Å²) in [6, 6.07) is 6.72. The van der Waals surface area contributed by atoms with E-state index in [0.29, 0.717) is 22.3 Å². The third-order valence-electron chi connectivity index (χ3n) is 3.25. The Balaban J connectivity index is 2.29. The first-order valence-electron chi connectivity index (χ1n) is 6.29. The van der Waals surface area contributed by atoms with E-state index in [1.54, 1.807) is 55.5 Å². The smallest absolute Gasteiger partial charge is 0.336 e. The van der Waals surface area contributed by atoms with E-state index in [0.717, 1.165) is 5.56 Å². The number of aromatic carboxylic acids is 1. The number of aryl methyl sites for hydroxylation is 1. The molecule has 0 atom stereocenters. The Labute approximate surface area is 120 Å². The molecule has 0 saturated carbocycles. The highest BCUT2D eigenvalue weighted by Gasteiger charge is 2.14. The van der Waals surface area contributed by atoms with Crippen LogP contribution in [-0.2, 0) is 7.05 Å². The van der Waals surface area contributed by atoms with E-state index in [4.69, 9.17) is 4.74 Å². The maximum Gasteiger partial charge on any atom is 0.336 e. The number of benzene rings is 1. The highest BCUT2D eigenvalue weighted by Crippen LogP contribution is 2.27. The fourth-order valence-electron chi connectivity index (χ4n) is 2.21. The zero-order valence-corrected chi connectivity index (χ0v) is 11.6. The second kappa shape index (κ2) is 4.90. The molecule has 6 nitrogen and oxygen atoms in total. The molecule has 2 aromatic heterocycles. The summed E-state index contributed by atoms with van der Waals surface area (Å²) < 4.78 is 6.81. The van der Waals surface area contributed by atoms with Crippen molar-refractivity contribution in [2.45, 2.75) is 0 Å². The van der Waals surface area contributed by atoms with Crippen LogP contribution in [0.3, 0.4) is 0 Å². The van der Waals surface area contributed by atoms with Crippen molar-refractivity contribution < 1.29 is 14.6 Å². The van der Waals surface area contributed by atoms with Crippen molar-refractivity contribution in [3.63, 3.8) is 0 Å². The topological polar surface area (TPSA) is 77.2 Å². The third-order valence-corrected chi connectivity index (χ3v) is 3.25. The highest BCUT2D eigenvalue weighted by atomic mass is 16.5. The van der Waals surface area contributed by atoms with Gasteiger partial charge in [0, 0.05) is 30.3 Å². The van der Waals surface area contributed by atoms with Gasteiger partial charge in [0.25, 0.3) is 0 Å². The Morgan fingerprint density at radius 1 is 1.33 bits per heavy atom. The van der Waals surface area contributed by atoms with E-state index in [1.807, 2.05) is 0 Å². The average molecular weight is 283 g/mol. The van der Waals surface area contributed by atoms with E-state index >= 15 is 0 Å². The Morgan fingerprint density at radius 3 is 2.76 bits per heavy atom. The van der Waals surface area contributed by atoms with Crippen LogP contribution in [0.5, 0.6) is 5.75 Å². The van der Waals surface area contributed by atoms with Gasteiger partial charge in [0.15, 0.2) is 0 Å². The summed E-state index contributed by atoms with van der Waals surface area (Å²) in [7, 11) is 3.36. The predicted molar refractivity (Wildman–Crippen MR) is 77.5 cm³/mol. The number of methoxy groups -OCH3 is 1. The van der Waals surface area contributed by atoms with Crippen LogP contribution in [0.15, 0.2) is 36.7 Å². The van der Waals surface area contributed by atoms with Crippen molar-refractivity contribution >= 4 is 16.9 Å². The first kappa shape index (κ1) is 13.1. The molecule has 1 N–H and O–H groups in total. The van der Waals surface area contributed by atoms with Gasteiger partial charge >= 0.3 is 5.97 Å². The lowest BCUT2D eigenvalue weighted by atomic mass is 10.1. The fraction of sp³-hybridized carbons (Fsp3) is 0.133. The van der Waals surface area contributed by atoms with Crippen molar-refractivity contribution in [2.75, 3.05) is 7.11 Å². The number of rotatable bonds is 3. The summed E-state index contributed by atoms with van der Waals surface area (Å²) in [5.41, 5.74) is 2.13. The summed E-state index contributed by atoms with van der Waals surface area (Å²) in [6.07, 6.45) is 3.44. The number of aromatic nitrogens is 3. The first-order chi connectivity index (χ1) is 10.1. The molecule has 0 saturated heterocycles. The molecule has 0 amide bonds. The van der Waals surface area contributed by atoms with E-state index in [-0.39, 0.29) is 5.56 Å². The molecule has 0 bridgehead atoms. The minimum Gasteiger partial charge on any atom is -0.497 e. The summed E-state index contributed by atoms with van der Waals surface area (Å²) in [5.74, 6) is -0.354. The van der Waals surface area contributed by atoms with Crippen LogP contribution >= 0.6 is 0 Å². The lowest BCUT2D eigenvalue weighted by Crippen LogP contribution is -2.00. The summed E-state index contributed by atoms with van der Waals surface area (Å²) in [5, 5.41) is 14.1. The first-order valence-corrected chi connectivity index (χ1v) is 6.29. The van der Waals surface area contributed by atoms with Crippen molar-refractivity contribution in [2.24, 2.45) is 7.05 Å². The van der Waals surface area contributed by atoms with Crippen molar-refractivity contribution in [3.05, 3.63) is 42.2 Å². The average Bonchev–Trinajstić information content (AvgIpc) is 2.91. The molecule has 0 spiro atoms. The van der Waals surface area contributed by atoms with E-state index in [9.17, 15) is 9.90 Å². The zero-order chi connectivity index (χ0) is 15.0. The molecule has 0 aliphatic carbocycles. The monoisotopic (exact) mass is 283 g/mol. The third kappa shape index (κ3) is 2.31. The van der Waals surface area contributed by atoms with Gasteiger partial charge in [-0.1, -0.05) is 0 Å². The minimum atomic E-state index is -0.988. The normalized spacial score (nSPS) is 10.8. The van der Waals surface area contributed by atoms with Crippen molar-refractivity contribution in [1.82, 2.24) is 14.8 Å². The number of carboxylic acids is 1. The number of ether oxygens (including phenoxy) is 1. The number of fused-ring (bicyclic) bond motifs is 1. The molecular weight excluding hydrogens is 270 g/mol. The van der Waals surface area contributed by atoms with Gasteiger partial charge in [-0.2, -0.15) is 5.10 Å². The number of hydrogen-bond donors (Lipinski definition) is 1. The summed E-state index contributed by atoms with van der Waals surface area (Å²) >= 11 is 0. The van der Waals surface area contributed by atoms with Crippen LogP contribution in [0.4, 0.5) is 0 Å². The summed E-state index contributed by atoms with van der Waals surface area (Å²) in [6.45, 7) is 0. The second-order valence-corrected chi connectivity index (χ2v) is 4.65. The predicted octanol–water partition coefficient (Wildman–Crippen LogP) is 2.34. The summed E-state index contributed by atoms with van der Waals surface area (Å²) in [4.78, 5) is 16.0. The standard InChI is InChI=1S/C15H13N3O3/c1-18-8-9(7-16-18)13-6-12(15(19)20)11-4-3-10(21-2)5-14(11)17-13/h3-8H,1-2H3,(H,19,20). The quantitative estimate of drug-likeness (QED) is 0.798. The molecule has 0 unspecified atom stereocenters. The van der Waals surface area contributed by atoms with Gasteiger partial charge in [-0.25, -0.2) is 9.78 Å². The van der Waals surface area contributed by atoms with Gasteiger partial charge < -0.3 is 9.84 Å². The number of hydrogen-bond acceptors (Lipinski definition) is 4. The molecule has 0 aliphatic rings. The minimum absolute atomic E-state index is 0.210. The van der Waals surface area contributed by atoms with Crippen LogP contribution in [0.1, 0.15) is 10.4 Å². The Hall–Kier alpha value is -2.89. The molecule has 0 aliphatic heterocycles. The van der Waals surface area contributed by atoms with Gasteiger partial charge in [-0.3, -0.25) is 4.68 Å². The molecule has 0 radical (unpaired) electrons. The molecule has 3 rings (SSSR count). The SMILES string of the molecule is COc1ccc2c(C(=O)O)cc(-c3cnn(C)c3)nc2c1. The van der Waals surface area contributed by atoms with E-state index in [2.05, 4.69) is 10.1 Å². The van der Waals surface area contributed by atoms with Gasteiger partial charge in [0.05, 0.1) is 30.1 Å². The molecule has 0 fully saturated rings. The molecule has 6 heteroatoms. The maximum absolute atomic E-state index is 11.5. The molecule has 1 aromatic carbocycles. The molecule has 21 heavy (non-hydrogen) atoms. The largest absolute Gasteiger partial charge is 0.497 e. The Morgan fingerprint density at radius 2 is 2.14 bits per heavy atom. The number of carboxylic acid groups (broad SMARTS) is 1. The maximum atomic E-state index is 11.5. The van der Waals surface area contributed by atoms with Crippen molar-refractivity contribution in [3.8, 4) is 17.0 Å². The van der Waals surface area contributed by atoms with Gasteiger partial charge in [0.2, 0.25) is 0 Å². The zero-order valence-electron chi connectivity index (χ0n) is 11.6. The van der Waals surface area contributed by atoms with E-state index < -0.39 is 5.97 Å². The fourth-order valence-corrected chi connectivity index (χ4v) is 2.21. The van der Waals surface area contributed by atoms with Crippen LogP contribution in [0.2, 0.25) is 0 Å². The Bertz CT molecular complexity index is 839. The van der Waals surface area contributed by atoms with Gasteiger partial charge in [-0.15, -0.1) is 0 Å². The highest BCUT2D eigenvalue weighted by molar-refractivity contribution is 6.04. The molecule has 3 aromatic rings. The molecule has 106 valence electrons. The van der Waals surface area contributed by atoms with Gasteiger partial charge in [-0.05, 0) is 18.2 Å². The molecule has 2 heterocycles. The van der Waals surface area contributed by atoms with E-state index in [1.165, 1.54) is 0 Å². The lowest BCUT2D eigenvalue weighted by molar-refractivity contribution is 0.0699. The molecular formula is C15H13N3O3. The number of pyridine rings is 1. The van der Waals surface area contributed by atoms with Gasteiger partial charge in [0.1, 0.15) is 5.75 Å². The number of nitrogens with zero attached hydrogens (tertiary/aromatic N) is 3. The second-order valence-electron chi connectivity index (χ2n) is 4.65. The van der Waals surface area contributed by atoms with Crippen molar-refractivity contribution in [1.29, 1.82) is 0 Å². The Kier molecular flexibility index (Phi) is 3.06.